The number of pyridine rings is 1. The van der Waals surface area contributed by atoms with E-state index in [4.69, 9.17) is 17.3 Å². The SMILES string of the molecule is NC(=O)c1nc(Nc2ccc(F)c(Cl)c2)c2c[c]ncc2n1. The van der Waals surface area contributed by atoms with Crippen molar-refractivity contribution in [3.8, 4) is 0 Å². The summed E-state index contributed by atoms with van der Waals surface area (Å²) in [6.07, 6.45) is 4.10. The predicted molar refractivity (Wildman–Crippen MR) is 79.4 cm³/mol. The van der Waals surface area contributed by atoms with Crippen molar-refractivity contribution in [2.24, 2.45) is 5.73 Å². The molecule has 22 heavy (non-hydrogen) atoms. The number of anilines is 2. The van der Waals surface area contributed by atoms with Crippen molar-refractivity contribution in [2.45, 2.75) is 0 Å². The van der Waals surface area contributed by atoms with Crippen molar-refractivity contribution in [2.75, 3.05) is 5.32 Å². The lowest BCUT2D eigenvalue weighted by Gasteiger charge is -2.10. The van der Waals surface area contributed by atoms with Crippen LogP contribution >= 0.6 is 11.6 Å². The highest BCUT2D eigenvalue weighted by Crippen LogP contribution is 2.25. The van der Waals surface area contributed by atoms with Crippen LogP contribution in [0.3, 0.4) is 0 Å². The van der Waals surface area contributed by atoms with Crippen LogP contribution in [0.25, 0.3) is 10.9 Å². The molecule has 0 aliphatic heterocycles. The van der Waals surface area contributed by atoms with Gasteiger partial charge in [-0.3, -0.25) is 9.78 Å². The van der Waals surface area contributed by atoms with E-state index < -0.39 is 11.7 Å². The van der Waals surface area contributed by atoms with Gasteiger partial charge in [0.1, 0.15) is 11.6 Å². The van der Waals surface area contributed by atoms with Gasteiger partial charge in [-0.1, -0.05) is 11.6 Å². The Balaban J connectivity index is 2.12. The molecule has 0 aliphatic carbocycles. The molecule has 0 fully saturated rings. The maximum Gasteiger partial charge on any atom is 0.286 e. The molecule has 0 spiro atoms. The number of nitrogens with two attached hydrogens (primary N) is 1. The summed E-state index contributed by atoms with van der Waals surface area (Å²) in [5, 5.41) is 3.50. The summed E-state index contributed by atoms with van der Waals surface area (Å²) in [6, 6.07) is 5.67. The smallest absolute Gasteiger partial charge is 0.286 e. The molecule has 3 rings (SSSR count). The molecule has 3 aromatic rings. The summed E-state index contributed by atoms with van der Waals surface area (Å²) in [6.45, 7) is 0. The zero-order valence-electron chi connectivity index (χ0n) is 11.0. The highest BCUT2D eigenvalue weighted by Gasteiger charge is 2.12. The van der Waals surface area contributed by atoms with Crippen molar-refractivity contribution in [1.29, 1.82) is 0 Å². The predicted octanol–water partition coefficient (Wildman–Crippen LogP) is 2.46. The third-order valence-corrected chi connectivity index (χ3v) is 3.14. The molecule has 3 N–H and O–H groups in total. The highest BCUT2D eigenvalue weighted by molar-refractivity contribution is 6.31. The van der Waals surface area contributed by atoms with E-state index in [0.29, 0.717) is 22.4 Å². The number of amides is 1. The first kappa shape index (κ1) is 14.2. The summed E-state index contributed by atoms with van der Waals surface area (Å²) >= 11 is 5.74. The van der Waals surface area contributed by atoms with E-state index in [9.17, 15) is 9.18 Å². The molecule has 2 aromatic heterocycles. The second-order valence-electron chi connectivity index (χ2n) is 4.34. The molecule has 2 heterocycles. The number of rotatable bonds is 3. The number of nitrogens with zero attached hydrogens (tertiary/aromatic N) is 3. The minimum absolute atomic E-state index is 0.0354. The highest BCUT2D eigenvalue weighted by atomic mass is 35.5. The maximum absolute atomic E-state index is 13.2. The Morgan fingerprint density at radius 2 is 2.18 bits per heavy atom. The topological polar surface area (TPSA) is 93.8 Å². The summed E-state index contributed by atoms with van der Waals surface area (Å²) in [7, 11) is 0. The van der Waals surface area contributed by atoms with E-state index in [-0.39, 0.29) is 10.8 Å². The van der Waals surface area contributed by atoms with Crippen LogP contribution in [-0.4, -0.2) is 20.9 Å². The van der Waals surface area contributed by atoms with Crippen LogP contribution in [-0.2, 0) is 0 Å². The molecule has 1 radical (unpaired) electrons. The molecule has 1 amide bonds. The Kier molecular flexibility index (Phi) is 3.56. The average Bonchev–Trinajstić information content (AvgIpc) is 2.50. The number of hydrogen-bond donors (Lipinski definition) is 2. The van der Waals surface area contributed by atoms with Gasteiger partial charge in [-0.25, -0.2) is 14.4 Å². The van der Waals surface area contributed by atoms with Crippen molar-refractivity contribution < 1.29 is 9.18 Å². The van der Waals surface area contributed by atoms with Gasteiger partial charge >= 0.3 is 0 Å². The first-order valence-corrected chi connectivity index (χ1v) is 6.48. The maximum atomic E-state index is 13.2. The van der Waals surface area contributed by atoms with Crippen LogP contribution in [0.2, 0.25) is 5.02 Å². The lowest BCUT2D eigenvalue weighted by molar-refractivity contribution is 0.0991. The molecule has 0 unspecified atom stereocenters. The van der Waals surface area contributed by atoms with Gasteiger partial charge in [0.2, 0.25) is 5.82 Å². The fourth-order valence-corrected chi connectivity index (χ4v) is 2.02. The number of carbonyl (C=O) groups excluding carboxylic acids is 1. The van der Waals surface area contributed by atoms with Crippen LogP contribution in [0.1, 0.15) is 10.6 Å². The Labute approximate surface area is 129 Å². The van der Waals surface area contributed by atoms with Gasteiger partial charge in [0.15, 0.2) is 0 Å². The Morgan fingerprint density at radius 1 is 1.36 bits per heavy atom. The summed E-state index contributed by atoms with van der Waals surface area (Å²) in [5.41, 5.74) is 6.15. The van der Waals surface area contributed by atoms with Gasteiger partial charge in [-0.2, -0.15) is 0 Å². The fraction of sp³-hybridized carbons (Fsp3) is 0. The normalized spacial score (nSPS) is 10.6. The Morgan fingerprint density at radius 3 is 2.91 bits per heavy atom. The molecule has 0 bridgehead atoms. The van der Waals surface area contributed by atoms with Gasteiger partial charge in [-0.05, 0) is 24.3 Å². The average molecular weight is 317 g/mol. The minimum atomic E-state index is -0.769. The molecule has 109 valence electrons. The van der Waals surface area contributed by atoms with Crippen molar-refractivity contribution in [3.05, 3.63) is 53.3 Å². The van der Waals surface area contributed by atoms with E-state index in [2.05, 4.69) is 26.5 Å². The summed E-state index contributed by atoms with van der Waals surface area (Å²) in [5.74, 6) is -1.14. The monoisotopic (exact) mass is 316 g/mol. The molecule has 0 aliphatic rings. The number of aromatic nitrogens is 3. The fourth-order valence-electron chi connectivity index (χ4n) is 1.84. The van der Waals surface area contributed by atoms with E-state index in [1.807, 2.05) is 0 Å². The van der Waals surface area contributed by atoms with Crippen LogP contribution in [0.4, 0.5) is 15.9 Å². The van der Waals surface area contributed by atoms with E-state index in [1.54, 1.807) is 6.07 Å². The van der Waals surface area contributed by atoms with E-state index in [0.717, 1.165) is 0 Å². The van der Waals surface area contributed by atoms with E-state index in [1.165, 1.54) is 24.4 Å². The first-order valence-electron chi connectivity index (χ1n) is 6.10. The molecule has 0 saturated carbocycles. The number of nitrogens with one attached hydrogen (secondary N) is 1. The van der Waals surface area contributed by atoms with Crippen LogP contribution in [0.5, 0.6) is 0 Å². The summed E-state index contributed by atoms with van der Waals surface area (Å²) < 4.78 is 13.2. The molecule has 6 nitrogen and oxygen atoms in total. The number of hydrogen-bond acceptors (Lipinski definition) is 5. The number of carbonyl (C=O) groups is 1. The number of benzene rings is 1. The lowest BCUT2D eigenvalue weighted by atomic mass is 10.2. The van der Waals surface area contributed by atoms with Gasteiger partial charge in [-0.15, -0.1) is 0 Å². The zero-order chi connectivity index (χ0) is 15.7. The second kappa shape index (κ2) is 5.53. The van der Waals surface area contributed by atoms with Gasteiger partial charge in [0.25, 0.3) is 5.91 Å². The molecule has 1 aromatic carbocycles. The molecular weight excluding hydrogens is 309 g/mol. The third kappa shape index (κ3) is 2.66. The first-order chi connectivity index (χ1) is 10.5. The Bertz CT molecular complexity index is 886. The van der Waals surface area contributed by atoms with Crippen LogP contribution < -0.4 is 11.1 Å². The zero-order valence-corrected chi connectivity index (χ0v) is 11.7. The lowest BCUT2D eigenvalue weighted by Crippen LogP contribution is -2.16. The molecule has 0 atom stereocenters. The minimum Gasteiger partial charge on any atom is -0.363 e. The molecular formula is C14H8ClFN5O. The van der Waals surface area contributed by atoms with Crippen molar-refractivity contribution in [1.82, 2.24) is 15.0 Å². The van der Waals surface area contributed by atoms with Crippen LogP contribution in [0, 0.1) is 12.0 Å². The number of fused-ring (bicyclic) bond motifs is 1. The van der Waals surface area contributed by atoms with Gasteiger partial charge in [0, 0.05) is 11.1 Å². The quantitative estimate of drug-likeness (QED) is 0.774. The van der Waals surface area contributed by atoms with Crippen molar-refractivity contribution >= 4 is 39.9 Å². The molecule has 8 heteroatoms. The standard InChI is InChI=1S/C14H8ClFN5O/c15-9-5-7(1-2-10(9)16)19-13-8-3-4-18-6-11(8)20-14(21-13)12(17)22/h1-3,5-6H,(H2,17,22)(H,19,20,21). The van der Waals surface area contributed by atoms with Gasteiger partial charge < -0.3 is 11.1 Å². The summed E-state index contributed by atoms with van der Waals surface area (Å²) in [4.78, 5) is 23.2. The van der Waals surface area contributed by atoms with Crippen LogP contribution in [0.15, 0.2) is 30.5 Å². The molecule has 0 saturated heterocycles. The van der Waals surface area contributed by atoms with Gasteiger partial charge in [0.05, 0.1) is 22.9 Å². The van der Waals surface area contributed by atoms with Crippen molar-refractivity contribution in [3.63, 3.8) is 0 Å². The largest absolute Gasteiger partial charge is 0.363 e. The number of primary amides is 1. The van der Waals surface area contributed by atoms with E-state index >= 15 is 0 Å². The Hall–Kier alpha value is -2.80. The number of halogens is 2. The third-order valence-electron chi connectivity index (χ3n) is 2.85. The second-order valence-corrected chi connectivity index (χ2v) is 4.75.